The van der Waals surface area contributed by atoms with Gasteiger partial charge in [-0.2, -0.15) is 0 Å². The van der Waals surface area contributed by atoms with Crippen molar-refractivity contribution in [3.8, 4) is 0 Å². The molecule has 0 unspecified atom stereocenters. The van der Waals surface area contributed by atoms with Crippen molar-refractivity contribution >= 4 is 21.8 Å². The predicted molar refractivity (Wildman–Crippen MR) is 83.0 cm³/mol. The highest BCUT2D eigenvalue weighted by Gasteiger charge is 2.09. The number of halogens is 1. The van der Waals surface area contributed by atoms with Crippen LogP contribution in [0.3, 0.4) is 0 Å². The summed E-state index contributed by atoms with van der Waals surface area (Å²) in [6.45, 7) is 5.59. The van der Waals surface area contributed by atoms with Crippen molar-refractivity contribution in [2.75, 3.05) is 39.4 Å². The summed E-state index contributed by atoms with van der Waals surface area (Å²) >= 11 is 3.36. The zero-order valence-corrected chi connectivity index (χ0v) is 13.2. The largest absolute Gasteiger partial charge is 0.379 e. The summed E-state index contributed by atoms with van der Waals surface area (Å²) in [5.74, 6) is 0.00359. The fourth-order valence-corrected chi connectivity index (χ4v) is 2.45. The molecule has 20 heavy (non-hydrogen) atoms. The first-order chi connectivity index (χ1) is 9.75. The van der Waals surface area contributed by atoms with E-state index in [1.165, 1.54) is 0 Å². The van der Waals surface area contributed by atoms with Crippen molar-refractivity contribution in [2.24, 2.45) is 0 Å². The number of carbonyl (C=O) groups excluding carboxylic acids is 1. The molecule has 0 atom stereocenters. The molecule has 1 saturated heterocycles. The number of unbranched alkanes of at least 4 members (excludes halogenated alkanes) is 1. The number of hydrogen-bond donors (Lipinski definition) is 1. The van der Waals surface area contributed by atoms with Gasteiger partial charge in [0.2, 0.25) is 0 Å². The van der Waals surface area contributed by atoms with Crippen LogP contribution < -0.4 is 5.32 Å². The molecule has 4 nitrogen and oxygen atoms in total. The Bertz CT molecular complexity index is 416. The molecule has 2 rings (SSSR count). The Labute approximate surface area is 128 Å². The van der Waals surface area contributed by atoms with Crippen molar-refractivity contribution in [1.29, 1.82) is 0 Å². The van der Waals surface area contributed by atoms with E-state index in [9.17, 15) is 4.79 Å². The fourth-order valence-electron chi connectivity index (χ4n) is 2.19. The molecule has 5 heteroatoms. The molecule has 1 aliphatic rings. The number of nitrogens with zero attached hydrogens (tertiary/aromatic N) is 1. The van der Waals surface area contributed by atoms with E-state index < -0.39 is 0 Å². The molecule has 0 aliphatic carbocycles. The lowest BCUT2D eigenvalue weighted by atomic mass is 10.2. The third-order valence-corrected chi connectivity index (χ3v) is 3.93. The second kappa shape index (κ2) is 8.39. The van der Waals surface area contributed by atoms with Gasteiger partial charge in [0.05, 0.1) is 13.2 Å². The Morgan fingerprint density at radius 1 is 1.20 bits per heavy atom. The van der Waals surface area contributed by atoms with Crippen molar-refractivity contribution in [3.05, 3.63) is 34.3 Å². The van der Waals surface area contributed by atoms with Crippen LogP contribution in [0.1, 0.15) is 23.2 Å². The molecule has 1 aliphatic heterocycles. The summed E-state index contributed by atoms with van der Waals surface area (Å²) in [5.41, 5.74) is 0.710. The highest BCUT2D eigenvalue weighted by molar-refractivity contribution is 9.10. The van der Waals surface area contributed by atoms with Crippen LogP contribution in [0, 0.1) is 0 Å². The first-order valence-electron chi connectivity index (χ1n) is 7.09. The lowest BCUT2D eigenvalue weighted by Gasteiger charge is -2.26. The Hall–Kier alpha value is -0.910. The summed E-state index contributed by atoms with van der Waals surface area (Å²) in [7, 11) is 0. The van der Waals surface area contributed by atoms with Crippen LogP contribution in [0.2, 0.25) is 0 Å². The summed E-state index contributed by atoms with van der Waals surface area (Å²) in [4.78, 5) is 14.3. The van der Waals surface area contributed by atoms with Crippen molar-refractivity contribution in [2.45, 2.75) is 12.8 Å². The molecule has 0 spiro atoms. The van der Waals surface area contributed by atoms with Crippen LogP contribution in [0.4, 0.5) is 0 Å². The average Bonchev–Trinajstić information content (AvgIpc) is 2.48. The second-order valence-electron chi connectivity index (χ2n) is 4.92. The number of carbonyl (C=O) groups is 1. The zero-order valence-electron chi connectivity index (χ0n) is 11.6. The normalized spacial score (nSPS) is 16.1. The molecular formula is C15H21BrN2O2. The van der Waals surface area contributed by atoms with Gasteiger partial charge in [0, 0.05) is 29.7 Å². The Morgan fingerprint density at radius 3 is 2.60 bits per heavy atom. The Balaban J connectivity index is 1.58. The quantitative estimate of drug-likeness (QED) is 0.808. The van der Waals surface area contributed by atoms with Gasteiger partial charge in [0.25, 0.3) is 5.91 Å². The summed E-state index contributed by atoms with van der Waals surface area (Å²) in [6.07, 6.45) is 2.13. The third-order valence-electron chi connectivity index (χ3n) is 3.40. The van der Waals surface area contributed by atoms with Gasteiger partial charge in [-0.25, -0.2) is 0 Å². The van der Waals surface area contributed by atoms with Crippen LogP contribution in [0.15, 0.2) is 28.7 Å². The molecule has 1 fully saturated rings. The van der Waals surface area contributed by atoms with Crippen molar-refractivity contribution < 1.29 is 9.53 Å². The van der Waals surface area contributed by atoms with Gasteiger partial charge in [-0.1, -0.05) is 15.9 Å². The molecule has 0 aromatic heterocycles. The highest BCUT2D eigenvalue weighted by atomic mass is 79.9. The van der Waals surface area contributed by atoms with Gasteiger partial charge in [-0.15, -0.1) is 0 Å². The number of rotatable bonds is 6. The third kappa shape index (κ3) is 5.23. The van der Waals surface area contributed by atoms with E-state index in [4.69, 9.17) is 4.74 Å². The minimum Gasteiger partial charge on any atom is -0.379 e. The highest BCUT2D eigenvalue weighted by Crippen LogP contribution is 2.10. The van der Waals surface area contributed by atoms with E-state index in [2.05, 4.69) is 26.1 Å². The molecular weight excluding hydrogens is 320 g/mol. The summed E-state index contributed by atoms with van der Waals surface area (Å²) in [5, 5.41) is 2.96. The van der Waals surface area contributed by atoms with E-state index in [1.807, 2.05) is 24.3 Å². The number of hydrogen-bond acceptors (Lipinski definition) is 3. The lowest BCUT2D eigenvalue weighted by Crippen LogP contribution is -2.37. The first kappa shape index (κ1) is 15.5. The fraction of sp³-hybridized carbons (Fsp3) is 0.533. The van der Waals surface area contributed by atoms with Crippen LogP contribution in [-0.4, -0.2) is 50.2 Å². The Morgan fingerprint density at radius 2 is 1.90 bits per heavy atom. The number of amides is 1. The molecule has 1 heterocycles. The molecule has 1 aromatic carbocycles. The van der Waals surface area contributed by atoms with E-state index >= 15 is 0 Å². The topological polar surface area (TPSA) is 41.6 Å². The first-order valence-corrected chi connectivity index (χ1v) is 7.89. The second-order valence-corrected chi connectivity index (χ2v) is 5.84. The van der Waals surface area contributed by atoms with Crippen LogP contribution in [0.5, 0.6) is 0 Å². The molecule has 1 amide bonds. The SMILES string of the molecule is O=C(NCCCCN1CCOCC1)c1ccc(Br)cc1. The Kier molecular flexibility index (Phi) is 6.50. The predicted octanol–water partition coefficient (Wildman–Crippen LogP) is 2.29. The summed E-state index contributed by atoms with van der Waals surface area (Å²) < 4.78 is 6.30. The number of benzene rings is 1. The van der Waals surface area contributed by atoms with Crippen molar-refractivity contribution in [3.63, 3.8) is 0 Å². The zero-order chi connectivity index (χ0) is 14.2. The summed E-state index contributed by atoms with van der Waals surface area (Å²) in [6, 6.07) is 7.42. The van der Waals surface area contributed by atoms with E-state index in [-0.39, 0.29) is 5.91 Å². The van der Waals surface area contributed by atoms with Gasteiger partial charge < -0.3 is 10.1 Å². The average molecular weight is 341 g/mol. The standard InChI is InChI=1S/C15H21BrN2O2/c16-14-5-3-13(4-6-14)15(19)17-7-1-2-8-18-9-11-20-12-10-18/h3-6H,1-2,7-12H2,(H,17,19). The van der Waals surface area contributed by atoms with Crippen LogP contribution in [-0.2, 0) is 4.74 Å². The molecule has 0 saturated carbocycles. The van der Waals surface area contributed by atoms with Gasteiger partial charge >= 0.3 is 0 Å². The van der Waals surface area contributed by atoms with Gasteiger partial charge in [0.15, 0.2) is 0 Å². The smallest absolute Gasteiger partial charge is 0.251 e. The number of nitrogens with one attached hydrogen (secondary N) is 1. The molecule has 110 valence electrons. The monoisotopic (exact) mass is 340 g/mol. The van der Waals surface area contributed by atoms with Crippen molar-refractivity contribution in [1.82, 2.24) is 10.2 Å². The maximum atomic E-state index is 11.9. The minimum absolute atomic E-state index is 0.00359. The molecule has 0 radical (unpaired) electrons. The van der Waals surface area contributed by atoms with Gasteiger partial charge in [-0.05, 0) is 43.7 Å². The molecule has 0 bridgehead atoms. The van der Waals surface area contributed by atoms with Gasteiger partial charge in [-0.3, -0.25) is 9.69 Å². The van der Waals surface area contributed by atoms with E-state index in [0.717, 1.165) is 56.7 Å². The van der Waals surface area contributed by atoms with Crippen LogP contribution >= 0.6 is 15.9 Å². The van der Waals surface area contributed by atoms with Crippen LogP contribution in [0.25, 0.3) is 0 Å². The number of ether oxygens (including phenoxy) is 1. The van der Waals surface area contributed by atoms with E-state index in [1.54, 1.807) is 0 Å². The molecule has 1 aromatic rings. The van der Waals surface area contributed by atoms with Gasteiger partial charge in [0.1, 0.15) is 0 Å². The lowest BCUT2D eigenvalue weighted by molar-refractivity contribution is 0.0372. The maximum absolute atomic E-state index is 11.9. The molecule has 1 N–H and O–H groups in total. The maximum Gasteiger partial charge on any atom is 0.251 e. The number of morpholine rings is 1. The minimum atomic E-state index is 0.00359. The van der Waals surface area contributed by atoms with E-state index in [0.29, 0.717) is 5.56 Å².